The second kappa shape index (κ2) is 10.6. The van der Waals surface area contributed by atoms with Gasteiger partial charge in [0.05, 0.1) is 40.8 Å². The zero-order valence-corrected chi connectivity index (χ0v) is 22.9. The number of benzene rings is 4. The Morgan fingerprint density at radius 1 is 0.854 bits per heavy atom. The van der Waals surface area contributed by atoms with Crippen LogP contribution in [0.3, 0.4) is 0 Å². The van der Waals surface area contributed by atoms with Crippen LogP contribution in [-0.2, 0) is 10.0 Å². The molecule has 5 aromatic rings. The maximum atomic E-state index is 13.9. The number of sulfonamides is 1. The number of methoxy groups -OCH3 is 1. The number of anilines is 1. The van der Waals surface area contributed by atoms with E-state index in [0.29, 0.717) is 17.8 Å². The van der Waals surface area contributed by atoms with Crippen molar-refractivity contribution in [3.8, 4) is 22.7 Å². The number of primary sulfonamides is 1. The Hall–Kier alpha value is -4.80. The van der Waals surface area contributed by atoms with Gasteiger partial charge in [-0.3, -0.25) is 5.01 Å². The van der Waals surface area contributed by atoms with Crippen molar-refractivity contribution in [3.05, 3.63) is 126 Å². The van der Waals surface area contributed by atoms with E-state index in [4.69, 9.17) is 20.1 Å². The highest BCUT2D eigenvalue weighted by molar-refractivity contribution is 7.89. The van der Waals surface area contributed by atoms with Crippen molar-refractivity contribution in [1.82, 2.24) is 9.78 Å². The largest absolute Gasteiger partial charge is 0.497 e. The maximum absolute atomic E-state index is 13.9. The molecular formula is C31H26FN5O3S. The number of aromatic nitrogens is 2. The van der Waals surface area contributed by atoms with Crippen LogP contribution in [0.4, 0.5) is 10.1 Å². The van der Waals surface area contributed by atoms with Crippen LogP contribution >= 0.6 is 0 Å². The molecular weight excluding hydrogens is 541 g/mol. The lowest BCUT2D eigenvalue weighted by molar-refractivity contribution is 0.415. The molecule has 10 heteroatoms. The Morgan fingerprint density at radius 3 is 2.15 bits per heavy atom. The van der Waals surface area contributed by atoms with Crippen molar-refractivity contribution in [2.45, 2.75) is 17.4 Å². The van der Waals surface area contributed by atoms with Crippen molar-refractivity contribution in [2.75, 3.05) is 12.1 Å². The topological polar surface area (TPSA) is 103 Å². The molecule has 1 aromatic heterocycles. The summed E-state index contributed by atoms with van der Waals surface area (Å²) in [5.41, 5.74) is 5.66. The van der Waals surface area contributed by atoms with Gasteiger partial charge < -0.3 is 4.74 Å². The average Bonchev–Trinajstić information content (AvgIpc) is 3.63. The van der Waals surface area contributed by atoms with Gasteiger partial charge in [0.25, 0.3) is 0 Å². The molecule has 0 amide bonds. The van der Waals surface area contributed by atoms with Crippen LogP contribution in [0.1, 0.15) is 23.6 Å². The predicted molar refractivity (Wildman–Crippen MR) is 156 cm³/mol. The molecule has 0 spiro atoms. The summed E-state index contributed by atoms with van der Waals surface area (Å²) < 4.78 is 44.8. The molecule has 41 heavy (non-hydrogen) atoms. The van der Waals surface area contributed by atoms with Gasteiger partial charge >= 0.3 is 0 Å². The lowest BCUT2D eigenvalue weighted by Crippen LogP contribution is -2.19. The minimum absolute atomic E-state index is 0.0141. The summed E-state index contributed by atoms with van der Waals surface area (Å²) in [7, 11) is -2.24. The molecule has 2 heterocycles. The lowest BCUT2D eigenvalue weighted by atomic mass is 9.96. The van der Waals surface area contributed by atoms with E-state index in [9.17, 15) is 12.8 Å². The van der Waals surface area contributed by atoms with Crippen LogP contribution in [0, 0.1) is 5.82 Å². The fourth-order valence-corrected chi connectivity index (χ4v) is 5.43. The third kappa shape index (κ3) is 5.34. The van der Waals surface area contributed by atoms with Gasteiger partial charge in [-0.25, -0.2) is 22.6 Å². The molecule has 0 saturated carbocycles. The number of hydrazone groups is 1. The first-order valence-electron chi connectivity index (χ1n) is 12.8. The molecule has 0 aliphatic carbocycles. The molecule has 6 rings (SSSR count). The molecule has 1 atom stereocenters. The van der Waals surface area contributed by atoms with E-state index < -0.39 is 10.0 Å². The van der Waals surface area contributed by atoms with E-state index in [1.165, 1.54) is 24.3 Å². The van der Waals surface area contributed by atoms with Gasteiger partial charge in [-0.15, -0.1) is 0 Å². The van der Waals surface area contributed by atoms with E-state index in [-0.39, 0.29) is 16.8 Å². The van der Waals surface area contributed by atoms with Gasteiger partial charge in [0.15, 0.2) is 0 Å². The first-order chi connectivity index (χ1) is 19.8. The second-order valence-electron chi connectivity index (χ2n) is 9.60. The SMILES string of the molecule is COc1ccc(C2=NN(c3ccc(S(N)(=O)=O)cc3)C(c3cn(-c4ccccc4)nc3-c3ccc(F)cc3)C2)cc1. The van der Waals surface area contributed by atoms with Gasteiger partial charge in [0, 0.05) is 23.7 Å². The third-order valence-corrected chi connectivity index (χ3v) is 7.93. The summed E-state index contributed by atoms with van der Waals surface area (Å²) in [6, 6.07) is 29.7. The summed E-state index contributed by atoms with van der Waals surface area (Å²) in [6.07, 6.45) is 2.51. The standard InChI is InChI=1S/C31H26FN5O3S/c1-40-26-15-9-21(10-16-26)29-19-30(37(34-29)25-13-17-27(18-14-25)41(33,38)39)28-20-36(24-5-3-2-4-6-24)35-31(28)22-7-11-23(32)12-8-22/h2-18,20,30H,19H2,1H3,(H2,33,38,39). The normalized spacial score (nSPS) is 15.1. The second-order valence-corrected chi connectivity index (χ2v) is 11.2. The molecule has 0 bridgehead atoms. The van der Waals surface area contributed by atoms with Crippen LogP contribution in [0.25, 0.3) is 16.9 Å². The maximum Gasteiger partial charge on any atom is 0.238 e. The number of hydrogen-bond donors (Lipinski definition) is 1. The van der Waals surface area contributed by atoms with Gasteiger partial charge in [-0.05, 0) is 90.5 Å². The zero-order chi connectivity index (χ0) is 28.6. The number of hydrogen-bond acceptors (Lipinski definition) is 6. The van der Waals surface area contributed by atoms with E-state index in [0.717, 1.165) is 33.8 Å². The molecule has 0 radical (unpaired) electrons. The molecule has 0 fully saturated rings. The molecule has 1 unspecified atom stereocenters. The molecule has 8 nitrogen and oxygen atoms in total. The van der Waals surface area contributed by atoms with Crippen LogP contribution in [0.5, 0.6) is 5.75 Å². The summed E-state index contributed by atoms with van der Waals surface area (Å²) >= 11 is 0. The summed E-state index contributed by atoms with van der Waals surface area (Å²) in [5.74, 6) is 0.405. The molecule has 1 aliphatic rings. The monoisotopic (exact) mass is 567 g/mol. The Labute approximate surface area is 237 Å². The Morgan fingerprint density at radius 2 is 1.51 bits per heavy atom. The minimum atomic E-state index is -3.85. The van der Waals surface area contributed by atoms with E-state index in [1.54, 1.807) is 31.4 Å². The highest BCUT2D eigenvalue weighted by Crippen LogP contribution is 2.41. The van der Waals surface area contributed by atoms with Gasteiger partial charge in [0.1, 0.15) is 11.6 Å². The predicted octanol–water partition coefficient (Wildman–Crippen LogP) is 5.69. The molecule has 206 valence electrons. The van der Waals surface area contributed by atoms with Crippen molar-refractivity contribution in [2.24, 2.45) is 10.2 Å². The van der Waals surface area contributed by atoms with Crippen molar-refractivity contribution >= 4 is 21.4 Å². The fourth-order valence-electron chi connectivity index (χ4n) is 4.91. The molecule has 0 saturated heterocycles. The number of rotatable bonds is 7. The Bertz CT molecular complexity index is 1820. The smallest absolute Gasteiger partial charge is 0.238 e. The number of ether oxygens (including phenoxy) is 1. The van der Waals surface area contributed by atoms with Crippen LogP contribution in [0.15, 0.2) is 119 Å². The van der Waals surface area contributed by atoms with Gasteiger partial charge in [-0.1, -0.05) is 18.2 Å². The summed E-state index contributed by atoms with van der Waals surface area (Å²) in [5, 5.41) is 17.1. The fraction of sp³-hybridized carbons (Fsp3) is 0.0968. The van der Waals surface area contributed by atoms with Crippen molar-refractivity contribution in [1.29, 1.82) is 0 Å². The summed E-state index contributed by atoms with van der Waals surface area (Å²) in [6.45, 7) is 0. The zero-order valence-electron chi connectivity index (χ0n) is 22.1. The van der Waals surface area contributed by atoms with Crippen LogP contribution in [-0.4, -0.2) is 31.0 Å². The number of nitrogens with zero attached hydrogens (tertiary/aromatic N) is 4. The number of nitrogens with two attached hydrogens (primary N) is 1. The van der Waals surface area contributed by atoms with E-state index in [1.807, 2.05) is 70.5 Å². The van der Waals surface area contributed by atoms with E-state index >= 15 is 0 Å². The number of para-hydroxylation sites is 1. The number of halogens is 1. The van der Waals surface area contributed by atoms with Gasteiger partial charge in [-0.2, -0.15) is 10.2 Å². The Balaban J connectivity index is 1.49. The Kier molecular flexibility index (Phi) is 6.86. The lowest BCUT2D eigenvalue weighted by Gasteiger charge is -2.24. The highest BCUT2D eigenvalue weighted by Gasteiger charge is 2.34. The minimum Gasteiger partial charge on any atom is -0.497 e. The molecule has 2 N–H and O–H groups in total. The van der Waals surface area contributed by atoms with Crippen LogP contribution in [0.2, 0.25) is 0 Å². The average molecular weight is 568 g/mol. The quantitative estimate of drug-likeness (QED) is 0.272. The van der Waals surface area contributed by atoms with Crippen molar-refractivity contribution in [3.63, 3.8) is 0 Å². The highest BCUT2D eigenvalue weighted by atomic mass is 32.2. The van der Waals surface area contributed by atoms with Crippen LogP contribution < -0.4 is 14.9 Å². The van der Waals surface area contributed by atoms with E-state index in [2.05, 4.69) is 0 Å². The molecule has 4 aromatic carbocycles. The summed E-state index contributed by atoms with van der Waals surface area (Å²) in [4.78, 5) is 0.0141. The van der Waals surface area contributed by atoms with Crippen molar-refractivity contribution < 1.29 is 17.5 Å². The van der Waals surface area contributed by atoms with Gasteiger partial charge in [0.2, 0.25) is 10.0 Å². The first kappa shape index (κ1) is 26.4. The first-order valence-corrected chi connectivity index (χ1v) is 14.4. The molecule has 1 aliphatic heterocycles. The third-order valence-electron chi connectivity index (χ3n) is 7.00.